The average Bonchev–Trinajstić information content (AvgIpc) is 2.82. The van der Waals surface area contributed by atoms with Crippen LogP contribution in [0.15, 0.2) is 0 Å². The van der Waals surface area contributed by atoms with E-state index in [1.807, 2.05) is 0 Å². The summed E-state index contributed by atoms with van der Waals surface area (Å²) < 4.78 is 8.29. The van der Waals surface area contributed by atoms with Gasteiger partial charge in [-0.3, -0.25) is 0 Å². The Bertz CT molecular complexity index is 548. The van der Waals surface area contributed by atoms with Crippen LogP contribution in [0, 0.1) is 0 Å². The summed E-state index contributed by atoms with van der Waals surface area (Å²) in [7, 11) is -4.30. The molecule has 0 aliphatic heterocycles. The summed E-state index contributed by atoms with van der Waals surface area (Å²) in [5.74, 6) is 0. The van der Waals surface area contributed by atoms with Crippen molar-refractivity contribution >= 4 is 48.5 Å². The molecule has 0 N–H and O–H groups in total. The van der Waals surface area contributed by atoms with Crippen LogP contribution in [0.25, 0.3) is 0 Å². The molecule has 5 heteroatoms. The Morgan fingerprint density at radius 1 is 0.436 bits per heavy atom. The normalized spacial score (nSPS) is 14.0. The van der Waals surface area contributed by atoms with Gasteiger partial charge >= 0.3 is 0 Å². The molecule has 0 spiro atoms. The third-order valence-electron chi connectivity index (χ3n) is 10.3. The summed E-state index contributed by atoms with van der Waals surface area (Å²) in [4.78, 5) is 0. The van der Waals surface area contributed by atoms with E-state index in [2.05, 4.69) is 115 Å². The predicted octanol–water partition coefficient (Wildman–Crippen LogP) is 14.3. The smallest absolute Gasteiger partial charge is 0.190 e. The minimum absolute atomic E-state index is 0.277. The van der Waals surface area contributed by atoms with Crippen LogP contribution in [0.1, 0.15) is 173 Å². The molecule has 0 amide bonds. The SMILES string of the molecule is CC(C)[Si](O[Si](C(C)C)(C(C)C)C(C)(C)CCCCCCCCBr)(C(C)C)C(C)(C)CCCCCCCCBr. The molecule has 0 saturated heterocycles. The molecule has 0 unspecified atom stereocenters. The summed E-state index contributed by atoms with van der Waals surface area (Å²) in [5.41, 5.74) is 2.50. The zero-order valence-corrected chi connectivity index (χ0v) is 34.0. The zero-order valence-electron chi connectivity index (χ0n) is 28.8. The van der Waals surface area contributed by atoms with E-state index >= 15 is 0 Å². The van der Waals surface area contributed by atoms with Crippen LogP contribution in [-0.2, 0) is 4.12 Å². The minimum Gasteiger partial charge on any atom is -0.453 e. The van der Waals surface area contributed by atoms with Crippen molar-refractivity contribution in [3.63, 3.8) is 0 Å². The highest BCUT2D eigenvalue weighted by Gasteiger charge is 2.62. The van der Waals surface area contributed by atoms with E-state index in [0.29, 0.717) is 22.2 Å². The molecule has 0 rings (SSSR count). The lowest BCUT2D eigenvalue weighted by Crippen LogP contribution is -2.65. The van der Waals surface area contributed by atoms with Crippen molar-refractivity contribution in [2.45, 2.75) is 205 Å². The molecule has 0 bridgehead atoms. The van der Waals surface area contributed by atoms with Crippen molar-refractivity contribution in [2.75, 3.05) is 10.7 Å². The lowest BCUT2D eigenvalue weighted by molar-refractivity contribution is 0.342. The van der Waals surface area contributed by atoms with Crippen molar-refractivity contribution in [3.8, 4) is 0 Å². The molecule has 39 heavy (non-hydrogen) atoms. The quantitative estimate of drug-likeness (QED) is 0.0550. The molecule has 0 aromatic carbocycles. The molecule has 0 atom stereocenters. The molecule has 236 valence electrons. The number of rotatable bonds is 24. The molecule has 0 saturated carbocycles. The van der Waals surface area contributed by atoms with Gasteiger partial charge in [-0.25, -0.2) is 0 Å². The van der Waals surface area contributed by atoms with E-state index in [-0.39, 0.29) is 10.1 Å². The van der Waals surface area contributed by atoms with Crippen LogP contribution in [0.2, 0.25) is 32.2 Å². The van der Waals surface area contributed by atoms with Crippen LogP contribution in [-0.4, -0.2) is 27.3 Å². The second-order valence-electron chi connectivity index (χ2n) is 15.2. The molecule has 1 nitrogen and oxygen atoms in total. The van der Waals surface area contributed by atoms with Gasteiger partial charge in [0.1, 0.15) is 0 Å². The van der Waals surface area contributed by atoms with E-state index in [1.54, 1.807) is 0 Å². The van der Waals surface area contributed by atoms with Crippen LogP contribution >= 0.6 is 31.9 Å². The summed E-state index contributed by atoms with van der Waals surface area (Å²) in [6.45, 7) is 30.6. The van der Waals surface area contributed by atoms with E-state index in [9.17, 15) is 0 Å². The van der Waals surface area contributed by atoms with Gasteiger partial charge in [0.2, 0.25) is 0 Å². The largest absolute Gasteiger partial charge is 0.453 e. The molecule has 0 radical (unpaired) electrons. The topological polar surface area (TPSA) is 9.23 Å². The van der Waals surface area contributed by atoms with Gasteiger partial charge in [0.05, 0.1) is 0 Å². The molecule has 0 aliphatic rings. The maximum atomic E-state index is 8.29. The Morgan fingerprint density at radius 2 is 0.667 bits per heavy atom. The third kappa shape index (κ3) is 11.4. The fourth-order valence-electron chi connectivity index (χ4n) is 8.61. The first-order chi connectivity index (χ1) is 18.1. The molecule has 0 fully saturated rings. The Kier molecular flexibility index (Phi) is 20.3. The fraction of sp³-hybridized carbons (Fsp3) is 1.00. The van der Waals surface area contributed by atoms with Gasteiger partial charge in [0, 0.05) is 10.7 Å². The van der Waals surface area contributed by atoms with Gasteiger partial charge in [0.25, 0.3) is 0 Å². The first-order valence-electron chi connectivity index (χ1n) is 16.9. The van der Waals surface area contributed by atoms with Gasteiger partial charge < -0.3 is 4.12 Å². The zero-order chi connectivity index (χ0) is 30.3. The lowest BCUT2D eigenvalue weighted by Gasteiger charge is -2.61. The third-order valence-corrected chi connectivity index (χ3v) is 25.7. The summed E-state index contributed by atoms with van der Waals surface area (Å²) in [6.07, 6.45) is 19.1. The minimum atomic E-state index is -2.15. The number of unbranched alkanes of at least 4 members (excludes halogenated alkanes) is 10. The fourth-order valence-corrected chi connectivity index (χ4v) is 27.7. The summed E-state index contributed by atoms with van der Waals surface area (Å²) in [6, 6.07) is 0. The number of hydrogen-bond acceptors (Lipinski definition) is 1. The van der Waals surface area contributed by atoms with Gasteiger partial charge in [-0.1, -0.05) is 179 Å². The lowest BCUT2D eigenvalue weighted by atomic mass is 10.0. The number of halogens is 2. The molecule has 0 aromatic rings. The van der Waals surface area contributed by atoms with Crippen molar-refractivity contribution in [1.82, 2.24) is 0 Å². The van der Waals surface area contributed by atoms with Crippen molar-refractivity contribution in [3.05, 3.63) is 0 Å². The molecule has 0 aliphatic carbocycles. The van der Waals surface area contributed by atoms with E-state index in [4.69, 9.17) is 4.12 Å². The van der Waals surface area contributed by atoms with Gasteiger partial charge in [-0.15, -0.1) is 0 Å². The Hall–Kier alpha value is 1.35. The highest BCUT2D eigenvalue weighted by Crippen LogP contribution is 2.62. The van der Waals surface area contributed by atoms with Gasteiger partial charge in [0.15, 0.2) is 16.6 Å². The number of hydrogen-bond donors (Lipinski definition) is 0. The van der Waals surface area contributed by atoms with Crippen molar-refractivity contribution < 1.29 is 4.12 Å². The highest BCUT2D eigenvalue weighted by atomic mass is 79.9. The standard InChI is InChI=1S/C34H72Br2OSi2/c1-29(2)38(30(3)4,33(9,10)25-21-17-13-15-19-23-27-35)37-39(31(5)6,32(7)8)34(11,12)26-22-18-14-16-20-24-28-36/h29-32H,13-28H2,1-12H3. The maximum absolute atomic E-state index is 8.29. The van der Waals surface area contributed by atoms with Crippen molar-refractivity contribution in [2.24, 2.45) is 0 Å². The maximum Gasteiger partial charge on any atom is 0.190 e. The summed E-state index contributed by atoms with van der Waals surface area (Å²) in [5, 5.41) is 2.86. The second-order valence-corrected chi connectivity index (χ2v) is 28.1. The average molecular weight is 713 g/mol. The number of alkyl halides is 2. The molecular weight excluding hydrogens is 640 g/mol. The molecule has 0 aromatic heterocycles. The van der Waals surface area contributed by atoms with Crippen molar-refractivity contribution in [1.29, 1.82) is 0 Å². The highest BCUT2D eigenvalue weighted by molar-refractivity contribution is 9.09. The molecule has 0 heterocycles. The first kappa shape index (κ1) is 40.4. The first-order valence-corrected chi connectivity index (χ1v) is 23.3. The van der Waals surface area contributed by atoms with Crippen LogP contribution in [0.5, 0.6) is 0 Å². The monoisotopic (exact) mass is 710 g/mol. The Balaban J connectivity index is 6.04. The van der Waals surface area contributed by atoms with E-state index in [0.717, 1.165) is 10.7 Å². The predicted molar refractivity (Wildman–Crippen MR) is 193 cm³/mol. The van der Waals surface area contributed by atoms with Gasteiger partial charge in [-0.2, -0.15) is 0 Å². The van der Waals surface area contributed by atoms with E-state index < -0.39 is 16.6 Å². The van der Waals surface area contributed by atoms with E-state index in [1.165, 1.54) is 89.9 Å². The second kappa shape index (κ2) is 19.6. The Labute approximate surface area is 267 Å². The summed E-state index contributed by atoms with van der Waals surface area (Å²) >= 11 is 7.17. The van der Waals surface area contributed by atoms with Crippen LogP contribution < -0.4 is 0 Å². The van der Waals surface area contributed by atoms with Crippen LogP contribution in [0.4, 0.5) is 0 Å². The molecular formula is C34H72Br2OSi2. The van der Waals surface area contributed by atoms with Crippen LogP contribution in [0.3, 0.4) is 0 Å². The Morgan fingerprint density at radius 3 is 0.897 bits per heavy atom. The van der Waals surface area contributed by atoms with Gasteiger partial charge in [-0.05, 0) is 57.9 Å².